The molecule has 3 aromatic rings. The van der Waals surface area contributed by atoms with E-state index in [1.807, 2.05) is 0 Å². The highest BCUT2D eigenvalue weighted by Crippen LogP contribution is 2.18. The summed E-state index contributed by atoms with van der Waals surface area (Å²) in [7, 11) is 0. The van der Waals surface area contributed by atoms with E-state index in [9.17, 15) is 9.59 Å². The highest BCUT2D eigenvalue weighted by molar-refractivity contribution is 6.30. The fourth-order valence-electron chi connectivity index (χ4n) is 1.87. The average molecular weight is 301 g/mol. The molecule has 0 fully saturated rings. The summed E-state index contributed by atoms with van der Waals surface area (Å²) in [5.74, 6) is -0.464. The Morgan fingerprint density at radius 2 is 1.76 bits per heavy atom. The number of rotatable bonds is 2. The highest BCUT2D eigenvalue weighted by Gasteiger charge is 2.15. The van der Waals surface area contributed by atoms with Crippen molar-refractivity contribution in [1.29, 1.82) is 0 Å². The van der Waals surface area contributed by atoms with Gasteiger partial charge in [-0.15, -0.1) is 0 Å². The summed E-state index contributed by atoms with van der Waals surface area (Å²) in [6.45, 7) is 0. The average Bonchev–Trinajstić information content (AvgIpc) is 2.49. The molecule has 0 bridgehead atoms. The lowest BCUT2D eigenvalue weighted by Crippen LogP contribution is -2.18. The number of carbonyl (C=O) groups excluding carboxylic acids is 1. The molecular weight excluding hydrogens is 292 g/mol. The molecule has 0 amide bonds. The minimum absolute atomic E-state index is 0.149. The van der Waals surface area contributed by atoms with Crippen LogP contribution < -0.4 is 10.4 Å². The van der Waals surface area contributed by atoms with Crippen LogP contribution in [0.1, 0.15) is 10.4 Å². The van der Waals surface area contributed by atoms with E-state index in [0.717, 1.165) is 0 Å². The van der Waals surface area contributed by atoms with Gasteiger partial charge < -0.3 is 9.15 Å². The standard InChI is InChI=1S/C16H9ClO4/c17-11-5-7-12(8-6-11)20-15(18)13-9-10-3-1-2-4-14(10)21-16(13)19/h1-9H. The third-order valence-electron chi connectivity index (χ3n) is 2.89. The van der Waals surface area contributed by atoms with Crippen molar-refractivity contribution in [3.05, 3.63) is 75.6 Å². The van der Waals surface area contributed by atoms with Gasteiger partial charge in [0.1, 0.15) is 16.9 Å². The maximum Gasteiger partial charge on any atom is 0.351 e. The number of esters is 1. The molecule has 4 nitrogen and oxygen atoms in total. The Balaban J connectivity index is 1.95. The minimum atomic E-state index is -0.767. The van der Waals surface area contributed by atoms with Crippen molar-refractivity contribution in [1.82, 2.24) is 0 Å². The van der Waals surface area contributed by atoms with Crippen molar-refractivity contribution in [3.63, 3.8) is 0 Å². The zero-order valence-corrected chi connectivity index (χ0v) is 11.5. The fraction of sp³-hybridized carbons (Fsp3) is 0. The Morgan fingerprint density at radius 1 is 1.05 bits per heavy atom. The SMILES string of the molecule is O=C(Oc1ccc(Cl)cc1)c1cc2ccccc2oc1=O. The highest BCUT2D eigenvalue weighted by atomic mass is 35.5. The third kappa shape index (κ3) is 2.80. The molecule has 3 rings (SSSR count). The third-order valence-corrected chi connectivity index (χ3v) is 3.14. The van der Waals surface area contributed by atoms with Crippen LogP contribution in [0.25, 0.3) is 11.0 Å². The van der Waals surface area contributed by atoms with Crippen molar-refractivity contribution in [2.24, 2.45) is 0 Å². The van der Waals surface area contributed by atoms with E-state index >= 15 is 0 Å². The normalized spacial score (nSPS) is 10.5. The van der Waals surface area contributed by atoms with Crippen LogP contribution in [-0.2, 0) is 0 Å². The van der Waals surface area contributed by atoms with Crippen molar-refractivity contribution < 1.29 is 13.9 Å². The smallest absolute Gasteiger partial charge is 0.351 e. The molecule has 1 aromatic heterocycles. The molecule has 0 spiro atoms. The largest absolute Gasteiger partial charge is 0.423 e. The Labute approximate surface area is 124 Å². The summed E-state index contributed by atoms with van der Waals surface area (Å²) >= 11 is 5.75. The Bertz CT molecular complexity index is 865. The first-order chi connectivity index (χ1) is 10.1. The molecule has 0 unspecified atom stereocenters. The van der Waals surface area contributed by atoms with Crippen LogP contribution >= 0.6 is 11.6 Å². The number of fused-ring (bicyclic) bond motifs is 1. The number of halogens is 1. The number of para-hydroxylation sites is 1. The summed E-state index contributed by atoms with van der Waals surface area (Å²) in [5, 5.41) is 1.18. The van der Waals surface area contributed by atoms with Gasteiger partial charge in [-0.2, -0.15) is 0 Å². The lowest BCUT2D eigenvalue weighted by molar-refractivity contribution is 0.0730. The van der Waals surface area contributed by atoms with Crippen LogP contribution in [0.2, 0.25) is 5.02 Å². The number of benzene rings is 2. The second kappa shape index (κ2) is 5.42. The van der Waals surface area contributed by atoms with Gasteiger partial charge in [0.25, 0.3) is 0 Å². The molecule has 1 heterocycles. The summed E-state index contributed by atoms with van der Waals surface area (Å²) < 4.78 is 10.2. The van der Waals surface area contributed by atoms with Gasteiger partial charge in [0.05, 0.1) is 0 Å². The van der Waals surface area contributed by atoms with E-state index in [4.69, 9.17) is 20.8 Å². The van der Waals surface area contributed by atoms with Crippen LogP contribution in [0.4, 0.5) is 0 Å². The second-order valence-corrected chi connectivity index (χ2v) is 4.77. The molecule has 5 heteroatoms. The first kappa shape index (κ1) is 13.4. The van der Waals surface area contributed by atoms with Crippen molar-refractivity contribution in [2.75, 3.05) is 0 Å². The number of ether oxygens (including phenoxy) is 1. The van der Waals surface area contributed by atoms with Crippen LogP contribution in [-0.4, -0.2) is 5.97 Å². The van der Waals surface area contributed by atoms with E-state index < -0.39 is 11.6 Å². The molecule has 0 aliphatic carbocycles. The predicted octanol–water partition coefficient (Wildman–Crippen LogP) is 3.67. The van der Waals surface area contributed by atoms with Crippen molar-refractivity contribution in [3.8, 4) is 5.75 Å². The van der Waals surface area contributed by atoms with Gasteiger partial charge in [0.2, 0.25) is 0 Å². The lowest BCUT2D eigenvalue weighted by atomic mass is 10.2. The quantitative estimate of drug-likeness (QED) is 0.412. The van der Waals surface area contributed by atoms with Gasteiger partial charge in [0, 0.05) is 10.4 Å². The van der Waals surface area contributed by atoms with E-state index in [1.165, 1.54) is 6.07 Å². The molecule has 0 aliphatic rings. The Morgan fingerprint density at radius 3 is 2.52 bits per heavy atom. The second-order valence-electron chi connectivity index (χ2n) is 4.33. The summed E-state index contributed by atoms with van der Waals surface area (Å²) in [6.07, 6.45) is 0. The predicted molar refractivity (Wildman–Crippen MR) is 78.9 cm³/mol. The molecule has 104 valence electrons. The van der Waals surface area contributed by atoms with Crippen LogP contribution in [0.5, 0.6) is 5.75 Å². The lowest BCUT2D eigenvalue weighted by Gasteiger charge is -2.04. The first-order valence-electron chi connectivity index (χ1n) is 6.14. The summed E-state index contributed by atoms with van der Waals surface area (Å²) in [6, 6.07) is 14.7. The van der Waals surface area contributed by atoms with Crippen LogP contribution in [0.15, 0.2) is 63.8 Å². The zero-order chi connectivity index (χ0) is 14.8. The van der Waals surface area contributed by atoms with Gasteiger partial charge in [-0.1, -0.05) is 29.8 Å². The van der Waals surface area contributed by atoms with E-state index in [1.54, 1.807) is 48.5 Å². The first-order valence-corrected chi connectivity index (χ1v) is 6.52. The Kier molecular flexibility index (Phi) is 3.46. The van der Waals surface area contributed by atoms with Gasteiger partial charge in [-0.25, -0.2) is 9.59 Å². The van der Waals surface area contributed by atoms with Gasteiger partial charge in [0.15, 0.2) is 0 Å². The topological polar surface area (TPSA) is 56.5 Å². The van der Waals surface area contributed by atoms with Gasteiger partial charge in [-0.05, 0) is 36.4 Å². The summed E-state index contributed by atoms with van der Waals surface area (Å²) in [5.41, 5.74) is -0.457. The molecule has 21 heavy (non-hydrogen) atoms. The molecule has 0 saturated carbocycles. The number of hydrogen-bond donors (Lipinski definition) is 0. The number of carbonyl (C=O) groups is 1. The molecule has 0 atom stereocenters. The van der Waals surface area contributed by atoms with Crippen LogP contribution in [0, 0.1) is 0 Å². The van der Waals surface area contributed by atoms with E-state index in [0.29, 0.717) is 21.7 Å². The molecule has 0 saturated heterocycles. The molecular formula is C16H9ClO4. The molecule has 0 aliphatic heterocycles. The van der Waals surface area contributed by atoms with Crippen molar-refractivity contribution in [2.45, 2.75) is 0 Å². The molecule has 0 N–H and O–H groups in total. The van der Waals surface area contributed by atoms with E-state index in [2.05, 4.69) is 0 Å². The summed E-state index contributed by atoms with van der Waals surface area (Å²) in [4.78, 5) is 23.9. The maximum atomic E-state index is 12.0. The minimum Gasteiger partial charge on any atom is -0.423 e. The van der Waals surface area contributed by atoms with Gasteiger partial charge in [-0.3, -0.25) is 0 Å². The fourth-order valence-corrected chi connectivity index (χ4v) is 1.99. The van der Waals surface area contributed by atoms with Gasteiger partial charge >= 0.3 is 11.6 Å². The maximum absolute atomic E-state index is 12.0. The number of hydrogen-bond acceptors (Lipinski definition) is 4. The van der Waals surface area contributed by atoms with Crippen LogP contribution in [0.3, 0.4) is 0 Å². The molecule has 0 radical (unpaired) electrons. The van der Waals surface area contributed by atoms with E-state index in [-0.39, 0.29) is 5.56 Å². The monoisotopic (exact) mass is 300 g/mol. The zero-order valence-electron chi connectivity index (χ0n) is 10.7. The Hall–Kier alpha value is -2.59. The molecule has 2 aromatic carbocycles. The van der Waals surface area contributed by atoms with Crippen molar-refractivity contribution >= 4 is 28.5 Å².